The molecule has 15 heteroatoms. The van der Waals surface area contributed by atoms with Crippen molar-refractivity contribution in [1.29, 1.82) is 0 Å². The number of fused-ring (bicyclic) bond motifs is 1. The first-order valence-electron chi connectivity index (χ1n) is 18.8. The van der Waals surface area contributed by atoms with Crippen LogP contribution in [-0.4, -0.2) is 122 Å². The van der Waals surface area contributed by atoms with Gasteiger partial charge < -0.3 is 44.7 Å². The first-order chi connectivity index (χ1) is 25.3. The molecule has 0 bridgehead atoms. The molecule has 0 saturated carbocycles. The van der Waals surface area contributed by atoms with Gasteiger partial charge in [0.1, 0.15) is 29.9 Å². The largest absolute Gasteiger partial charge is 0.445 e. The van der Waals surface area contributed by atoms with Crippen LogP contribution in [0.5, 0.6) is 0 Å². The van der Waals surface area contributed by atoms with Crippen LogP contribution in [0.4, 0.5) is 26.0 Å². The number of piperidine rings is 2. The van der Waals surface area contributed by atoms with E-state index in [9.17, 15) is 19.5 Å². The van der Waals surface area contributed by atoms with E-state index in [4.69, 9.17) is 19.2 Å². The van der Waals surface area contributed by atoms with E-state index in [-0.39, 0.29) is 43.2 Å². The summed E-state index contributed by atoms with van der Waals surface area (Å²) in [5, 5.41) is 22.7. The van der Waals surface area contributed by atoms with Crippen LogP contribution in [0, 0.1) is 5.92 Å². The van der Waals surface area contributed by atoms with Gasteiger partial charge in [-0.25, -0.2) is 19.4 Å². The van der Waals surface area contributed by atoms with Gasteiger partial charge in [0.15, 0.2) is 5.65 Å². The summed E-state index contributed by atoms with van der Waals surface area (Å²) in [7, 11) is 0. The van der Waals surface area contributed by atoms with E-state index in [1.165, 1.54) is 0 Å². The highest BCUT2D eigenvalue weighted by molar-refractivity contribution is 5.70. The fourth-order valence-corrected chi connectivity index (χ4v) is 6.96. The van der Waals surface area contributed by atoms with Crippen molar-refractivity contribution in [3.8, 4) is 0 Å². The molecule has 3 aliphatic heterocycles. The van der Waals surface area contributed by atoms with Gasteiger partial charge in [0.05, 0.1) is 25.4 Å². The summed E-state index contributed by atoms with van der Waals surface area (Å²) in [6.45, 7) is 13.0. The Balaban J connectivity index is 1.00. The van der Waals surface area contributed by atoms with Crippen molar-refractivity contribution in [2.75, 3.05) is 56.4 Å². The number of anilines is 2. The third kappa shape index (κ3) is 9.80. The number of hydrogen-bond acceptors (Lipinski definition) is 11. The van der Waals surface area contributed by atoms with E-state index in [1.54, 1.807) is 14.7 Å². The molecule has 288 valence electrons. The lowest BCUT2D eigenvalue weighted by Crippen LogP contribution is -2.49. The van der Waals surface area contributed by atoms with E-state index in [1.807, 2.05) is 67.9 Å². The maximum atomic E-state index is 13.1. The first kappa shape index (κ1) is 38.0. The van der Waals surface area contributed by atoms with Crippen LogP contribution >= 0.6 is 0 Å². The number of aliphatic hydroxyl groups is 1. The molecule has 3 amide bonds. The zero-order valence-corrected chi connectivity index (χ0v) is 31.5. The van der Waals surface area contributed by atoms with Gasteiger partial charge in [0.2, 0.25) is 0 Å². The van der Waals surface area contributed by atoms with Crippen LogP contribution in [0.25, 0.3) is 5.65 Å². The molecular formula is C38H54N8O7. The lowest BCUT2D eigenvalue weighted by molar-refractivity contribution is -0.0104. The molecule has 0 aliphatic carbocycles. The van der Waals surface area contributed by atoms with Crippen LogP contribution < -0.4 is 10.6 Å². The van der Waals surface area contributed by atoms with E-state index in [2.05, 4.69) is 29.6 Å². The summed E-state index contributed by atoms with van der Waals surface area (Å²) in [6, 6.07) is 11.6. The summed E-state index contributed by atoms with van der Waals surface area (Å²) in [5.74, 6) is 1.60. The number of β-amino-alcohol motifs (C(OH)–C–C–N with tert-alkyl or cyclic N) is 1. The maximum Gasteiger partial charge on any atom is 0.410 e. The minimum Gasteiger partial charge on any atom is -0.445 e. The van der Waals surface area contributed by atoms with Crippen molar-refractivity contribution in [2.45, 2.75) is 96.7 Å². The molecule has 3 N–H and O–H groups in total. The summed E-state index contributed by atoms with van der Waals surface area (Å²) in [5.41, 5.74) is 2.10. The summed E-state index contributed by atoms with van der Waals surface area (Å²) in [4.78, 5) is 48.0. The number of amides is 3. The van der Waals surface area contributed by atoms with Crippen molar-refractivity contribution in [3.05, 3.63) is 53.7 Å². The third-order valence-electron chi connectivity index (χ3n) is 10.0. The zero-order chi connectivity index (χ0) is 37.7. The Hall–Kier alpha value is -4.79. The Morgan fingerprint density at radius 2 is 1.62 bits per heavy atom. The van der Waals surface area contributed by atoms with Gasteiger partial charge in [-0.1, -0.05) is 44.2 Å². The number of ether oxygens (including phenoxy) is 3. The smallest absolute Gasteiger partial charge is 0.410 e. The van der Waals surface area contributed by atoms with Crippen LogP contribution in [0.3, 0.4) is 0 Å². The molecule has 0 spiro atoms. The van der Waals surface area contributed by atoms with Crippen molar-refractivity contribution >= 4 is 35.6 Å². The molecule has 3 saturated heterocycles. The molecule has 0 radical (unpaired) electrons. The van der Waals surface area contributed by atoms with Crippen LogP contribution in [-0.2, 0) is 20.8 Å². The molecule has 1 aromatic carbocycles. The average molecular weight is 735 g/mol. The number of carbonyl (C=O) groups excluding carboxylic acids is 3. The van der Waals surface area contributed by atoms with Crippen LogP contribution in [0.2, 0.25) is 0 Å². The highest BCUT2D eigenvalue weighted by atomic mass is 16.6. The summed E-state index contributed by atoms with van der Waals surface area (Å²) >= 11 is 0. The second-order valence-electron chi connectivity index (χ2n) is 15.6. The predicted octanol–water partition coefficient (Wildman–Crippen LogP) is 5.31. The highest BCUT2D eigenvalue weighted by Gasteiger charge is 2.34. The molecule has 15 nitrogen and oxygen atoms in total. The Kier molecular flexibility index (Phi) is 11.8. The van der Waals surface area contributed by atoms with Crippen LogP contribution in [0.15, 0.2) is 42.6 Å². The van der Waals surface area contributed by atoms with Crippen molar-refractivity contribution in [1.82, 2.24) is 29.3 Å². The second kappa shape index (κ2) is 16.5. The van der Waals surface area contributed by atoms with Gasteiger partial charge >= 0.3 is 18.3 Å². The molecule has 3 fully saturated rings. The lowest BCUT2D eigenvalue weighted by Gasteiger charge is -2.36. The molecule has 2 aromatic heterocycles. The number of benzene rings is 1. The van der Waals surface area contributed by atoms with Gasteiger partial charge in [-0.3, -0.25) is 0 Å². The van der Waals surface area contributed by atoms with E-state index in [0.717, 1.165) is 22.6 Å². The monoisotopic (exact) mass is 734 g/mol. The summed E-state index contributed by atoms with van der Waals surface area (Å²) < 4.78 is 18.6. The number of nitrogens with zero attached hydrogens (tertiary/aromatic N) is 6. The van der Waals surface area contributed by atoms with E-state index >= 15 is 0 Å². The highest BCUT2D eigenvalue weighted by Crippen LogP contribution is 2.27. The van der Waals surface area contributed by atoms with Gasteiger partial charge in [-0.15, -0.1) is 0 Å². The summed E-state index contributed by atoms with van der Waals surface area (Å²) in [6.07, 6.45) is 2.24. The maximum absolute atomic E-state index is 13.1. The molecule has 3 atom stereocenters. The molecule has 5 heterocycles. The van der Waals surface area contributed by atoms with Crippen LogP contribution in [0.1, 0.15) is 77.3 Å². The predicted molar refractivity (Wildman–Crippen MR) is 199 cm³/mol. The van der Waals surface area contributed by atoms with Crippen molar-refractivity contribution in [2.24, 2.45) is 5.92 Å². The molecule has 3 aromatic rings. The van der Waals surface area contributed by atoms with Gasteiger partial charge in [0.25, 0.3) is 0 Å². The van der Waals surface area contributed by atoms with E-state index in [0.29, 0.717) is 70.8 Å². The zero-order valence-electron chi connectivity index (χ0n) is 31.5. The minimum absolute atomic E-state index is 0.0672. The third-order valence-corrected chi connectivity index (χ3v) is 10.0. The molecule has 6 rings (SSSR count). The number of rotatable bonds is 9. The Labute approximate surface area is 310 Å². The molecule has 0 unspecified atom stereocenters. The topological polar surface area (TPSA) is 163 Å². The number of likely N-dealkylation sites (tertiary alicyclic amines) is 3. The number of aliphatic hydroxyl groups excluding tert-OH is 1. The Morgan fingerprint density at radius 1 is 0.925 bits per heavy atom. The van der Waals surface area contributed by atoms with Gasteiger partial charge in [0, 0.05) is 62.7 Å². The fraction of sp³-hybridized carbons (Fsp3) is 0.605. The Morgan fingerprint density at radius 3 is 2.32 bits per heavy atom. The second-order valence-corrected chi connectivity index (χ2v) is 15.6. The van der Waals surface area contributed by atoms with Crippen molar-refractivity contribution < 1.29 is 33.7 Å². The first-order valence-corrected chi connectivity index (χ1v) is 18.8. The number of hydrogen-bond donors (Lipinski definition) is 3. The number of nitrogens with one attached hydrogen (secondary N) is 2. The lowest BCUT2D eigenvalue weighted by atomic mass is 9.94. The molecule has 3 aliphatic rings. The minimum atomic E-state index is -0.697. The fourth-order valence-electron chi connectivity index (χ4n) is 6.96. The molecule has 53 heavy (non-hydrogen) atoms. The van der Waals surface area contributed by atoms with Gasteiger partial charge in [-0.2, -0.15) is 9.61 Å². The number of aromatic nitrogens is 3. The van der Waals surface area contributed by atoms with Gasteiger partial charge in [-0.05, 0) is 51.5 Å². The van der Waals surface area contributed by atoms with E-state index < -0.39 is 23.9 Å². The number of carbonyl (C=O) groups is 3. The SMILES string of the molecule is CC(C)c1cnn2c(NC3CCN(C(=O)O[C@H]4CCN(C(=O)OCc5ccccc5)C4)CC3)cc(NC[C@H]3CCN(C(=O)OC(C)(C)C)C[C@@H]3O)nc12. The normalized spacial score (nSPS) is 21.2. The average Bonchev–Trinajstić information content (AvgIpc) is 3.78. The Bertz CT molecular complexity index is 1720. The standard InChI is InChI=1S/C38H54N8O7/c1-25(2)30-21-40-46-33(19-32(42-34(30)46)39-20-27-11-15-45(23-31(27)47)37(50)53-38(3,4)5)41-28-12-16-43(17-13-28)36(49)52-29-14-18-44(22-29)35(48)51-24-26-9-7-6-8-10-26/h6-10,19,21,25,27-29,31,41,47H,11-18,20,22-24H2,1-5H3,(H,39,42)/t27-,29+,31+/m1/s1. The quantitative estimate of drug-likeness (QED) is 0.244. The molecular weight excluding hydrogens is 680 g/mol. The van der Waals surface area contributed by atoms with Crippen molar-refractivity contribution in [3.63, 3.8) is 0 Å².